The van der Waals surface area contributed by atoms with Gasteiger partial charge in [-0.25, -0.2) is 13.1 Å². The fourth-order valence-corrected chi connectivity index (χ4v) is 4.84. The van der Waals surface area contributed by atoms with Gasteiger partial charge in [0.05, 0.1) is 21.7 Å². The molecule has 1 heterocycles. The topological polar surface area (TPSA) is 77.4 Å². The third-order valence-electron chi connectivity index (χ3n) is 4.10. The zero-order valence-electron chi connectivity index (χ0n) is 15.1. The van der Waals surface area contributed by atoms with Crippen molar-refractivity contribution in [2.75, 3.05) is 19.8 Å². The quantitative estimate of drug-likeness (QED) is 0.555. The van der Waals surface area contributed by atoms with Crippen LogP contribution in [0.25, 0.3) is 10.2 Å². The molecule has 0 unspecified atom stereocenters. The van der Waals surface area contributed by atoms with Gasteiger partial charge in [-0.3, -0.25) is 9.36 Å². The van der Waals surface area contributed by atoms with Gasteiger partial charge in [0, 0.05) is 19.8 Å². The number of hydrogen-bond acceptors (Lipinski definition) is 5. The zero-order valence-corrected chi connectivity index (χ0v) is 16.7. The van der Waals surface area contributed by atoms with Crippen molar-refractivity contribution in [3.63, 3.8) is 0 Å². The lowest BCUT2D eigenvalue weighted by atomic mass is 10.2. The molecule has 0 radical (unpaired) electrons. The fourth-order valence-electron chi connectivity index (χ4n) is 2.74. The van der Waals surface area contributed by atoms with Crippen LogP contribution in [0.5, 0.6) is 0 Å². The van der Waals surface area contributed by atoms with Crippen molar-refractivity contribution in [3.8, 4) is 0 Å². The van der Waals surface area contributed by atoms with E-state index in [2.05, 4.69) is 4.72 Å². The Hall–Kier alpha value is -2.00. The second kappa shape index (κ2) is 8.79. The predicted octanol–water partition coefficient (Wildman–Crippen LogP) is 2.82. The second-order valence-electron chi connectivity index (χ2n) is 6.02. The highest BCUT2D eigenvalue weighted by molar-refractivity contribution is 7.89. The average Bonchev–Trinajstić information content (AvgIpc) is 2.97. The van der Waals surface area contributed by atoms with Crippen LogP contribution in [0.1, 0.15) is 18.9 Å². The largest absolute Gasteiger partial charge is 0.382 e. The van der Waals surface area contributed by atoms with Crippen LogP contribution in [0, 0.1) is 0 Å². The number of rotatable bonds is 9. The summed E-state index contributed by atoms with van der Waals surface area (Å²) in [6.07, 6.45) is 0.607. The molecule has 0 aliphatic rings. The summed E-state index contributed by atoms with van der Waals surface area (Å²) >= 11 is 1.06. The van der Waals surface area contributed by atoms with E-state index in [0.29, 0.717) is 37.4 Å². The van der Waals surface area contributed by atoms with E-state index in [1.54, 1.807) is 22.8 Å². The standard InChI is InChI=1S/C19H22N2O4S2/c1-2-25-12-6-11-20-27(23,24)16-9-10-17-18(13-16)26-19(22)21(17)14-15-7-4-3-5-8-15/h3-5,7-10,13,20H,2,6,11-12,14H2,1H3. The van der Waals surface area contributed by atoms with Gasteiger partial charge in [-0.05, 0) is 37.1 Å². The molecule has 0 aliphatic carbocycles. The van der Waals surface area contributed by atoms with E-state index in [1.807, 2.05) is 37.3 Å². The highest BCUT2D eigenvalue weighted by Gasteiger charge is 2.16. The number of aromatic nitrogens is 1. The lowest BCUT2D eigenvalue weighted by Crippen LogP contribution is -2.25. The Morgan fingerprint density at radius 3 is 2.67 bits per heavy atom. The number of nitrogens with one attached hydrogen (secondary N) is 1. The summed E-state index contributed by atoms with van der Waals surface area (Å²) in [4.78, 5) is 12.4. The maximum atomic E-state index is 12.5. The minimum atomic E-state index is -3.61. The van der Waals surface area contributed by atoms with Crippen LogP contribution in [0.3, 0.4) is 0 Å². The number of thiazole rings is 1. The number of nitrogens with zero attached hydrogens (tertiary/aromatic N) is 1. The second-order valence-corrected chi connectivity index (χ2v) is 8.78. The van der Waals surface area contributed by atoms with E-state index in [1.165, 1.54) is 0 Å². The average molecular weight is 407 g/mol. The molecule has 0 fully saturated rings. The van der Waals surface area contributed by atoms with Crippen LogP contribution in [-0.2, 0) is 21.3 Å². The van der Waals surface area contributed by atoms with Gasteiger partial charge < -0.3 is 4.74 Å². The summed E-state index contributed by atoms with van der Waals surface area (Å²) in [5, 5.41) is 0. The molecule has 1 N–H and O–H groups in total. The molecule has 0 aliphatic heterocycles. The van der Waals surface area contributed by atoms with Crippen LogP contribution in [0.15, 0.2) is 58.2 Å². The monoisotopic (exact) mass is 406 g/mol. The van der Waals surface area contributed by atoms with Crippen LogP contribution < -0.4 is 9.60 Å². The molecule has 144 valence electrons. The number of sulfonamides is 1. The Bertz CT molecular complexity index is 1060. The smallest absolute Gasteiger partial charge is 0.308 e. The molecule has 27 heavy (non-hydrogen) atoms. The third kappa shape index (κ3) is 4.84. The SMILES string of the molecule is CCOCCCNS(=O)(=O)c1ccc2c(c1)sc(=O)n2Cc1ccccc1. The first-order chi connectivity index (χ1) is 13.0. The molecule has 0 saturated carbocycles. The Kier molecular flexibility index (Phi) is 6.43. The minimum Gasteiger partial charge on any atom is -0.382 e. The Balaban J connectivity index is 1.81. The van der Waals surface area contributed by atoms with Gasteiger partial charge >= 0.3 is 4.87 Å². The van der Waals surface area contributed by atoms with E-state index < -0.39 is 10.0 Å². The Morgan fingerprint density at radius 2 is 1.93 bits per heavy atom. The van der Waals surface area contributed by atoms with Crippen LogP contribution in [0.2, 0.25) is 0 Å². The maximum Gasteiger partial charge on any atom is 0.308 e. The van der Waals surface area contributed by atoms with Gasteiger partial charge in [0.2, 0.25) is 10.0 Å². The van der Waals surface area contributed by atoms with Gasteiger partial charge in [-0.1, -0.05) is 41.7 Å². The molecule has 0 amide bonds. The number of benzene rings is 2. The number of hydrogen-bond donors (Lipinski definition) is 1. The third-order valence-corrected chi connectivity index (χ3v) is 6.50. The fraction of sp³-hybridized carbons (Fsp3) is 0.316. The van der Waals surface area contributed by atoms with E-state index >= 15 is 0 Å². The summed E-state index contributed by atoms with van der Waals surface area (Å²) in [5.41, 5.74) is 1.76. The van der Waals surface area contributed by atoms with E-state index in [0.717, 1.165) is 22.4 Å². The summed E-state index contributed by atoms with van der Waals surface area (Å²) in [7, 11) is -3.61. The van der Waals surface area contributed by atoms with E-state index in [9.17, 15) is 13.2 Å². The van der Waals surface area contributed by atoms with Crippen LogP contribution >= 0.6 is 11.3 Å². The lowest BCUT2D eigenvalue weighted by molar-refractivity contribution is 0.146. The molecule has 0 spiro atoms. The van der Waals surface area contributed by atoms with Gasteiger partial charge in [0.25, 0.3) is 0 Å². The minimum absolute atomic E-state index is 0.104. The molecule has 0 bridgehead atoms. The molecule has 3 aromatic rings. The first-order valence-corrected chi connectivity index (χ1v) is 11.1. The zero-order chi connectivity index (χ0) is 19.3. The van der Waals surface area contributed by atoms with Crippen molar-refractivity contribution in [3.05, 3.63) is 63.8 Å². The molecular weight excluding hydrogens is 384 g/mol. The van der Waals surface area contributed by atoms with Crippen molar-refractivity contribution >= 4 is 31.6 Å². The molecule has 0 atom stereocenters. The summed E-state index contributed by atoms with van der Waals surface area (Å²) < 4.78 is 35.0. The molecule has 3 rings (SSSR count). The van der Waals surface area contributed by atoms with Crippen molar-refractivity contribution < 1.29 is 13.2 Å². The molecule has 1 aromatic heterocycles. The normalized spacial score (nSPS) is 11.9. The first-order valence-electron chi connectivity index (χ1n) is 8.76. The Morgan fingerprint density at radius 1 is 1.15 bits per heavy atom. The molecular formula is C19H22N2O4S2. The highest BCUT2D eigenvalue weighted by atomic mass is 32.2. The maximum absolute atomic E-state index is 12.5. The number of ether oxygens (including phenoxy) is 1. The van der Waals surface area contributed by atoms with Crippen LogP contribution in [0.4, 0.5) is 0 Å². The summed E-state index contributed by atoms with van der Waals surface area (Å²) in [6, 6.07) is 14.5. The molecule has 8 heteroatoms. The molecule has 6 nitrogen and oxygen atoms in total. The van der Waals surface area contributed by atoms with Crippen molar-refractivity contribution in [2.24, 2.45) is 0 Å². The molecule has 2 aromatic carbocycles. The summed E-state index contributed by atoms with van der Waals surface area (Å²) in [6.45, 7) is 3.80. The predicted molar refractivity (Wildman–Crippen MR) is 108 cm³/mol. The van der Waals surface area contributed by atoms with Gasteiger partial charge in [0.15, 0.2) is 0 Å². The molecule has 0 saturated heterocycles. The number of fused-ring (bicyclic) bond motifs is 1. The van der Waals surface area contributed by atoms with Gasteiger partial charge in [-0.2, -0.15) is 0 Å². The van der Waals surface area contributed by atoms with Gasteiger partial charge in [-0.15, -0.1) is 0 Å². The first kappa shape index (κ1) is 19.8. The van der Waals surface area contributed by atoms with Crippen molar-refractivity contribution in [1.82, 2.24) is 9.29 Å². The van der Waals surface area contributed by atoms with E-state index in [4.69, 9.17) is 4.74 Å². The highest BCUT2D eigenvalue weighted by Crippen LogP contribution is 2.22. The van der Waals surface area contributed by atoms with Gasteiger partial charge in [0.1, 0.15) is 0 Å². The van der Waals surface area contributed by atoms with Crippen molar-refractivity contribution in [1.29, 1.82) is 0 Å². The van der Waals surface area contributed by atoms with E-state index in [-0.39, 0.29) is 9.77 Å². The van der Waals surface area contributed by atoms with Crippen molar-refractivity contribution in [2.45, 2.75) is 24.8 Å². The lowest BCUT2D eigenvalue weighted by Gasteiger charge is -2.08. The summed E-state index contributed by atoms with van der Waals surface area (Å²) in [5.74, 6) is 0. The Labute approximate surface area is 162 Å². The van der Waals surface area contributed by atoms with Crippen LogP contribution in [-0.4, -0.2) is 32.7 Å².